The van der Waals surface area contributed by atoms with E-state index < -0.39 is 11.4 Å². The molecule has 116 valence electrons. The maximum absolute atomic E-state index is 11.9. The summed E-state index contributed by atoms with van der Waals surface area (Å²) in [5.41, 5.74) is 0.467. The summed E-state index contributed by atoms with van der Waals surface area (Å²) >= 11 is 6.16. The van der Waals surface area contributed by atoms with Gasteiger partial charge >= 0.3 is 5.97 Å². The first kappa shape index (κ1) is 16.3. The molecule has 0 amide bonds. The Morgan fingerprint density at radius 1 is 1.43 bits per heavy atom. The van der Waals surface area contributed by atoms with Crippen LogP contribution < -0.4 is 0 Å². The van der Waals surface area contributed by atoms with Gasteiger partial charge in [0, 0.05) is 12.4 Å². The number of halogens is 1. The van der Waals surface area contributed by atoms with Crippen LogP contribution >= 0.6 is 11.6 Å². The summed E-state index contributed by atoms with van der Waals surface area (Å²) < 4.78 is 0. The number of rotatable bonds is 3. The van der Waals surface area contributed by atoms with Gasteiger partial charge in [0.15, 0.2) is 0 Å². The van der Waals surface area contributed by atoms with Crippen molar-refractivity contribution in [1.29, 1.82) is 0 Å². The monoisotopic (exact) mass is 309 g/mol. The molecule has 1 heterocycles. The standard InChI is InChI=1S/C17H24ClNO2/c1-16(2,3)13-4-7-17(8-5-13,15(20)21)10-12-6-9-19-11-14(12)18/h6,9,11,13H,4-5,7-8,10H2,1-3H3,(H,20,21). The number of hydrogen-bond donors (Lipinski definition) is 1. The van der Waals surface area contributed by atoms with Gasteiger partial charge in [0.2, 0.25) is 0 Å². The van der Waals surface area contributed by atoms with Crippen molar-refractivity contribution in [3.05, 3.63) is 29.0 Å². The highest BCUT2D eigenvalue weighted by atomic mass is 35.5. The van der Waals surface area contributed by atoms with E-state index in [0.717, 1.165) is 31.2 Å². The summed E-state index contributed by atoms with van der Waals surface area (Å²) in [6.45, 7) is 6.72. The molecule has 1 aliphatic carbocycles. The highest BCUT2D eigenvalue weighted by Gasteiger charge is 2.44. The molecule has 21 heavy (non-hydrogen) atoms. The Hall–Kier alpha value is -1.09. The van der Waals surface area contributed by atoms with Crippen molar-refractivity contribution >= 4 is 17.6 Å². The van der Waals surface area contributed by atoms with E-state index in [1.807, 2.05) is 6.07 Å². The average Bonchev–Trinajstić information content (AvgIpc) is 2.41. The van der Waals surface area contributed by atoms with Crippen LogP contribution in [0.5, 0.6) is 0 Å². The van der Waals surface area contributed by atoms with E-state index in [9.17, 15) is 9.90 Å². The molecule has 0 aliphatic heterocycles. The molecule has 0 bridgehead atoms. The van der Waals surface area contributed by atoms with Crippen LogP contribution in [0.1, 0.15) is 52.0 Å². The lowest BCUT2D eigenvalue weighted by atomic mass is 9.62. The van der Waals surface area contributed by atoms with Crippen molar-refractivity contribution in [3.8, 4) is 0 Å². The topological polar surface area (TPSA) is 50.2 Å². The Labute approximate surface area is 131 Å². The molecule has 1 aromatic heterocycles. The van der Waals surface area contributed by atoms with Gasteiger partial charge in [-0.1, -0.05) is 32.4 Å². The Balaban J connectivity index is 2.17. The molecule has 2 rings (SSSR count). The van der Waals surface area contributed by atoms with Crippen LogP contribution in [-0.2, 0) is 11.2 Å². The number of carboxylic acids is 1. The summed E-state index contributed by atoms with van der Waals surface area (Å²) in [4.78, 5) is 15.9. The summed E-state index contributed by atoms with van der Waals surface area (Å²) in [5, 5.41) is 10.3. The van der Waals surface area contributed by atoms with E-state index in [0.29, 0.717) is 17.4 Å². The van der Waals surface area contributed by atoms with E-state index in [1.54, 1.807) is 12.4 Å². The zero-order chi connectivity index (χ0) is 15.7. The average molecular weight is 310 g/mol. The zero-order valence-corrected chi connectivity index (χ0v) is 13.8. The molecule has 0 unspecified atom stereocenters. The van der Waals surface area contributed by atoms with Gasteiger partial charge in [0.1, 0.15) is 0 Å². The smallest absolute Gasteiger partial charge is 0.309 e. The van der Waals surface area contributed by atoms with Crippen LogP contribution in [0.2, 0.25) is 5.02 Å². The van der Waals surface area contributed by atoms with Gasteiger partial charge in [-0.15, -0.1) is 0 Å². The second-order valence-corrected chi connectivity index (χ2v) is 7.78. The molecule has 0 saturated heterocycles. The van der Waals surface area contributed by atoms with E-state index >= 15 is 0 Å². The maximum Gasteiger partial charge on any atom is 0.309 e. The Morgan fingerprint density at radius 2 is 2.05 bits per heavy atom. The van der Waals surface area contributed by atoms with Crippen LogP contribution in [0, 0.1) is 16.7 Å². The number of aliphatic carboxylic acids is 1. The fourth-order valence-corrected chi connectivity index (χ4v) is 3.60. The minimum atomic E-state index is -0.692. The molecule has 1 N–H and O–H groups in total. The first-order chi connectivity index (χ1) is 9.74. The lowest BCUT2D eigenvalue weighted by molar-refractivity contribution is -0.152. The molecular weight excluding hydrogens is 286 g/mol. The predicted octanol–water partition coefficient (Wildman–Crippen LogP) is 4.58. The highest BCUT2D eigenvalue weighted by Crippen LogP contribution is 2.47. The quantitative estimate of drug-likeness (QED) is 0.888. The second kappa shape index (κ2) is 5.96. The molecule has 1 aromatic rings. The fourth-order valence-electron chi connectivity index (χ4n) is 3.41. The number of carbonyl (C=O) groups is 1. The molecule has 4 heteroatoms. The first-order valence-corrected chi connectivity index (χ1v) is 7.94. The maximum atomic E-state index is 11.9. The third-order valence-electron chi connectivity index (χ3n) is 5.01. The summed E-state index contributed by atoms with van der Waals surface area (Å²) in [6.07, 6.45) is 7.16. The Morgan fingerprint density at radius 3 is 2.52 bits per heavy atom. The van der Waals surface area contributed by atoms with Crippen molar-refractivity contribution in [1.82, 2.24) is 4.98 Å². The zero-order valence-electron chi connectivity index (χ0n) is 13.0. The normalized spacial score (nSPS) is 26.6. The SMILES string of the molecule is CC(C)(C)C1CCC(Cc2ccncc2Cl)(C(=O)O)CC1. The van der Waals surface area contributed by atoms with Gasteiger partial charge in [-0.05, 0) is 55.1 Å². The van der Waals surface area contributed by atoms with Crippen molar-refractivity contribution in [2.24, 2.45) is 16.7 Å². The van der Waals surface area contributed by atoms with Crippen LogP contribution in [0.15, 0.2) is 18.5 Å². The van der Waals surface area contributed by atoms with Crippen molar-refractivity contribution in [3.63, 3.8) is 0 Å². The molecule has 1 aliphatic rings. The van der Waals surface area contributed by atoms with Crippen molar-refractivity contribution in [2.75, 3.05) is 0 Å². The Kier molecular flexibility index (Phi) is 4.62. The fraction of sp³-hybridized carbons (Fsp3) is 0.647. The number of pyridine rings is 1. The molecular formula is C17H24ClNO2. The van der Waals surface area contributed by atoms with Crippen LogP contribution in [0.4, 0.5) is 0 Å². The van der Waals surface area contributed by atoms with Crippen molar-refractivity contribution in [2.45, 2.75) is 52.9 Å². The van der Waals surface area contributed by atoms with Crippen LogP contribution in [-0.4, -0.2) is 16.1 Å². The summed E-state index contributed by atoms with van der Waals surface area (Å²) in [5.74, 6) is -0.0966. The summed E-state index contributed by atoms with van der Waals surface area (Å²) in [6, 6.07) is 1.84. The van der Waals surface area contributed by atoms with Crippen LogP contribution in [0.3, 0.4) is 0 Å². The third kappa shape index (κ3) is 3.57. The van der Waals surface area contributed by atoms with Gasteiger partial charge in [-0.3, -0.25) is 9.78 Å². The number of carboxylic acid groups (broad SMARTS) is 1. The van der Waals surface area contributed by atoms with Gasteiger partial charge in [-0.2, -0.15) is 0 Å². The predicted molar refractivity (Wildman–Crippen MR) is 84.4 cm³/mol. The third-order valence-corrected chi connectivity index (χ3v) is 5.35. The molecule has 0 spiro atoms. The number of nitrogens with zero attached hydrogens (tertiary/aromatic N) is 1. The van der Waals surface area contributed by atoms with E-state index in [2.05, 4.69) is 25.8 Å². The van der Waals surface area contributed by atoms with E-state index in [-0.39, 0.29) is 5.41 Å². The lowest BCUT2D eigenvalue weighted by Gasteiger charge is -2.42. The summed E-state index contributed by atoms with van der Waals surface area (Å²) in [7, 11) is 0. The first-order valence-electron chi connectivity index (χ1n) is 7.56. The van der Waals surface area contributed by atoms with Gasteiger partial charge in [0.25, 0.3) is 0 Å². The van der Waals surface area contributed by atoms with Gasteiger partial charge in [-0.25, -0.2) is 0 Å². The molecule has 1 fully saturated rings. The minimum absolute atomic E-state index is 0.249. The van der Waals surface area contributed by atoms with E-state index in [1.165, 1.54) is 0 Å². The van der Waals surface area contributed by atoms with E-state index in [4.69, 9.17) is 11.6 Å². The van der Waals surface area contributed by atoms with Crippen LogP contribution in [0.25, 0.3) is 0 Å². The number of aromatic nitrogens is 1. The number of hydrogen-bond acceptors (Lipinski definition) is 2. The van der Waals surface area contributed by atoms with Gasteiger partial charge in [0.05, 0.1) is 10.4 Å². The highest BCUT2D eigenvalue weighted by molar-refractivity contribution is 6.31. The Bertz CT molecular complexity index is 514. The molecule has 0 aromatic carbocycles. The minimum Gasteiger partial charge on any atom is -0.481 e. The lowest BCUT2D eigenvalue weighted by Crippen LogP contribution is -2.39. The molecule has 1 saturated carbocycles. The van der Waals surface area contributed by atoms with Gasteiger partial charge < -0.3 is 5.11 Å². The molecule has 0 atom stereocenters. The molecule has 0 radical (unpaired) electrons. The molecule has 3 nitrogen and oxygen atoms in total. The van der Waals surface area contributed by atoms with Crippen molar-refractivity contribution < 1.29 is 9.90 Å². The largest absolute Gasteiger partial charge is 0.481 e. The second-order valence-electron chi connectivity index (χ2n) is 7.37.